The van der Waals surface area contributed by atoms with Crippen LogP contribution in [0.1, 0.15) is 32.8 Å². The molecule has 0 bridgehead atoms. The van der Waals surface area contributed by atoms with Gasteiger partial charge in [-0.25, -0.2) is 4.79 Å². The fraction of sp³-hybridized carbons (Fsp3) is 0.316. The number of aromatic carboxylic acids is 1. The molecule has 26 heavy (non-hydrogen) atoms. The Kier molecular flexibility index (Phi) is 5.48. The topological polar surface area (TPSA) is 97.8 Å². The van der Waals surface area contributed by atoms with Crippen LogP contribution in [0.15, 0.2) is 42.6 Å². The number of ether oxygens (including phenoxy) is 2. The largest absolute Gasteiger partial charge is 0.486 e. The highest BCUT2D eigenvalue weighted by atomic mass is 16.5. The summed E-state index contributed by atoms with van der Waals surface area (Å²) in [6, 6.07) is 9.41. The number of aryl methyl sites for hydroxylation is 1. The maximum absolute atomic E-state index is 12.5. The predicted octanol–water partition coefficient (Wildman–Crippen LogP) is 2.05. The summed E-state index contributed by atoms with van der Waals surface area (Å²) in [5.41, 5.74) is 1.39. The molecular weight excluding hydrogens is 336 g/mol. The van der Waals surface area contributed by atoms with Crippen LogP contribution in [0.2, 0.25) is 0 Å². The van der Waals surface area contributed by atoms with E-state index in [1.54, 1.807) is 37.4 Å². The van der Waals surface area contributed by atoms with Gasteiger partial charge in [0.05, 0.1) is 23.8 Å². The molecular formula is C19H20N2O5. The zero-order chi connectivity index (χ0) is 18.5. The number of nitrogens with one attached hydrogen (secondary N) is 1. The molecule has 1 aliphatic heterocycles. The van der Waals surface area contributed by atoms with Crippen molar-refractivity contribution in [3.63, 3.8) is 0 Å². The molecule has 2 aromatic rings. The second-order valence-corrected chi connectivity index (χ2v) is 6.07. The van der Waals surface area contributed by atoms with Crippen LogP contribution in [0.5, 0.6) is 5.75 Å². The van der Waals surface area contributed by atoms with E-state index >= 15 is 0 Å². The summed E-state index contributed by atoms with van der Waals surface area (Å²) < 4.78 is 11.4. The van der Waals surface area contributed by atoms with Crippen molar-refractivity contribution in [1.82, 2.24) is 10.3 Å². The summed E-state index contributed by atoms with van der Waals surface area (Å²) in [6.45, 7) is 2.67. The number of carbonyl (C=O) groups is 2. The Morgan fingerprint density at radius 1 is 1.27 bits per heavy atom. The number of carboxylic acids is 1. The molecule has 1 aliphatic rings. The van der Waals surface area contributed by atoms with Crippen LogP contribution < -0.4 is 10.1 Å². The van der Waals surface area contributed by atoms with Gasteiger partial charge >= 0.3 is 5.97 Å². The van der Waals surface area contributed by atoms with Crippen LogP contribution in [0.3, 0.4) is 0 Å². The number of carbonyl (C=O) groups excluding carboxylic acids is 1. The lowest BCUT2D eigenvalue weighted by atomic mass is 10.0. The van der Waals surface area contributed by atoms with Crippen LogP contribution in [0.4, 0.5) is 0 Å². The van der Waals surface area contributed by atoms with Crippen molar-refractivity contribution in [2.75, 3.05) is 13.2 Å². The number of hydrogen-bond acceptors (Lipinski definition) is 5. The number of hydrogen-bond donors (Lipinski definition) is 2. The van der Waals surface area contributed by atoms with E-state index in [0.29, 0.717) is 36.6 Å². The SMILES string of the molecule is Cc1ncccc1C(=O)NC1CCOCC1Oc1ccc(C(=O)O)cc1. The third-order valence-corrected chi connectivity index (χ3v) is 4.26. The van der Waals surface area contributed by atoms with Gasteiger partial charge in [-0.05, 0) is 49.7 Å². The number of pyridine rings is 1. The number of benzene rings is 1. The average molecular weight is 356 g/mol. The summed E-state index contributed by atoms with van der Waals surface area (Å²) in [6.07, 6.45) is 1.91. The molecule has 136 valence electrons. The van der Waals surface area contributed by atoms with Crippen molar-refractivity contribution in [2.24, 2.45) is 0 Å². The molecule has 2 heterocycles. The lowest BCUT2D eigenvalue weighted by Crippen LogP contribution is -2.51. The number of nitrogens with zero attached hydrogens (tertiary/aromatic N) is 1. The van der Waals surface area contributed by atoms with E-state index in [0.717, 1.165) is 0 Å². The molecule has 1 saturated heterocycles. The van der Waals surface area contributed by atoms with Crippen molar-refractivity contribution >= 4 is 11.9 Å². The first kappa shape index (κ1) is 17.9. The lowest BCUT2D eigenvalue weighted by Gasteiger charge is -2.32. The Bertz CT molecular complexity index is 791. The molecule has 1 aromatic heterocycles. The first-order chi connectivity index (χ1) is 12.5. The van der Waals surface area contributed by atoms with Gasteiger partial charge in [0.15, 0.2) is 0 Å². The Labute approximate surface area is 151 Å². The van der Waals surface area contributed by atoms with Crippen LogP contribution in [0.25, 0.3) is 0 Å². The zero-order valence-corrected chi connectivity index (χ0v) is 14.3. The second kappa shape index (κ2) is 7.97. The van der Waals surface area contributed by atoms with Gasteiger partial charge in [0.25, 0.3) is 5.91 Å². The smallest absolute Gasteiger partial charge is 0.335 e. The molecule has 7 nitrogen and oxygen atoms in total. The minimum Gasteiger partial charge on any atom is -0.486 e. The second-order valence-electron chi connectivity index (χ2n) is 6.07. The van der Waals surface area contributed by atoms with Gasteiger partial charge in [-0.2, -0.15) is 0 Å². The number of carboxylic acid groups (broad SMARTS) is 1. The van der Waals surface area contributed by atoms with Crippen molar-refractivity contribution < 1.29 is 24.2 Å². The minimum absolute atomic E-state index is 0.189. The fourth-order valence-electron chi connectivity index (χ4n) is 2.81. The van der Waals surface area contributed by atoms with Gasteiger partial charge in [-0.15, -0.1) is 0 Å². The predicted molar refractivity (Wildman–Crippen MR) is 93.5 cm³/mol. The molecule has 2 unspecified atom stereocenters. The van der Waals surface area contributed by atoms with E-state index in [1.807, 2.05) is 0 Å². The minimum atomic E-state index is -0.991. The summed E-state index contributed by atoms with van der Waals surface area (Å²) in [4.78, 5) is 27.6. The first-order valence-corrected chi connectivity index (χ1v) is 8.35. The highest BCUT2D eigenvalue weighted by Gasteiger charge is 2.29. The molecule has 0 saturated carbocycles. The third-order valence-electron chi connectivity index (χ3n) is 4.26. The standard InChI is InChI=1S/C19H20N2O5/c1-12-15(3-2-9-20-12)18(22)21-16-8-10-25-11-17(16)26-14-6-4-13(5-7-14)19(23)24/h2-7,9,16-17H,8,10-11H2,1H3,(H,21,22)(H,23,24). The highest BCUT2D eigenvalue weighted by Crippen LogP contribution is 2.19. The molecule has 3 rings (SSSR count). The third kappa shape index (κ3) is 4.18. The molecule has 0 radical (unpaired) electrons. The van der Waals surface area contributed by atoms with Crippen molar-refractivity contribution in [3.8, 4) is 5.75 Å². The Morgan fingerprint density at radius 3 is 2.73 bits per heavy atom. The fourth-order valence-corrected chi connectivity index (χ4v) is 2.81. The van der Waals surface area contributed by atoms with E-state index in [9.17, 15) is 9.59 Å². The highest BCUT2D eigenvalue weighted by molar-refractivity contribution is 5.95. The Balaban J connectivity index is 1.68. The summed E-state index contributed by atoms with van der Waals surface area (Å²) >= 11 is 0. The molecule has 2 N–H and O–H groups in total. The molecule has 1 amide bonds. The van der Waals surface area contributed by atoms with E-state index in [4.69, 9.17) is 14.6 Å². The Morgan fingerprint density at radius 2 is 2.04 bits per heavy atom. The van der Waals surface area contributed by atoms with Crippen molar-refractivity contribution in [2.45, 2.75) is 25.5 Å². The summed E-state index contributed by atoms with van der Waals surface area (Å²) in [5, 5.41) is 12.0. The molecule has 7 heteroatoms. The molecule has 1 fully saturated rings. The van der Waals surface area contributed by atoms with Crippen LogP contribution in [-0.2, 0) is 4.74 Å². The van der Waals surface area contributed by atoms with E-state index in [-0.39, 0.29) is 23.6 Å². The van der Waals surface area contributed by atoms with E-state index in [2.05, 4.69) is 10.3 Å². The Hall–Kier alpha value is -2.93. The van der Waals surface area contributed by atoms with Crippen molar-refractivity contribution in [1.29, 1.82) is 0 Å². The maximum Gasteiger partial charge on any atom is 0.335 e. The van der Waals surface area contributed by atoms with Crippen LogP contribution in [0, 0.1) is 6.92 Å². The number of amides is 1. The van der Waals surface area contributed by atoms with Crippen LogP contribution >= 0.6 is 0 Å². The van der Waals surface area contributed by atoms with Gasteiger partial charge < -0.3 is 19.9 Å². The number of rotatable bonds is 5. The molecule has 0 aliphatic carbocycles. The molecule has 1 aromatic carbocycles. The summed E-state index contributed by atoms with van der Waals surface area (Å²) in [5.74, 6) is -0.658. The quantitative estimate of drug-likeness (QED) is 0.851. The molecule has 2 atom stereocenters. The van der Waals surface area contributed by atoms with E-state index < -0.39 is 5.97 Å². The van der Waals surface area contributed by atoms with Gasteiger partial charge in [-0.1, -0.05) is 0 Å². The van der Waals surface area contributed by atoms with Gasteiger partial charge in [-0.3, -0.25) is 9.78 Å². The number of aromatic nitrogens is 1. The van der Waals surface area contributed by atoms with E-state index in [1.165, 1.54) is 12.1 Å². The van der Waals surface area contributed by atoms with Crippen molar-refractivity contribution in [3.05, 3.63) is 59.4 Å². The molecule has 0 spiro atoms. The van der Waals surface area contributed by atoms with Crippen LogP contribution in [-0.4, -0.2) is 47.3 Å². The van der Waals surface area contributed by atoms with Gasteiger partial charge in [0, 0.05) is 18.5 Å². The average Bonchev–Trinajstić information content (AvgIpc) is 2.64. The zero-order valence-electron chi connectivity index (χ0n) is 14.3. The first-order valence-electron chi connectivity index (χ1n) is 8.35. The normalized spacial score (nSPS) is 19.6. The summed E-state index contributed by atoms with van der Waals surface area (Å²) in [7, 11) is 0. The van der Waals surface area contributed by atoms with Gasteiger partial charge in [0.2, 0.25) is 0 Å². The lowest BCUT2D eigenvalue weighted by molar-refractivity contribution is -0.0135. The maximum atomic E-state index is 12.5. The monoisotopic (exact) mass is 356 g/mol. The van der Waals surface area contributed by atoms with Gasteiger partial charge in [0.1, 0.15) is 11.9 Å².